The van der Waals surface area contributed by atoms with E-state index in [1.165, 1.54) is 12.1 Å². The third kappa shape index (κ3) is 4.09. The summed E-state index contributed by atoms with van der Waals surface area (Å²) in [4.78, 5) is 0.102. The Bertz CT molecular complexity index is 438. The van der Waals surface area contributed by atoms with Gasteiger partial charge in [-0.25, -0.2) is 17.5 Å². The summed E-state index contributed by atoms with van der Waals surface area (Å²) >= 11 is 0. The lowest BCUT2D eigenvalue weighted by atomic mass is 10.0. The lowest BCUT2D eigenvalue weighted by Crippen LogP contribution is -2.29. The van der Waals surface area contributed by atoms with Gasteiger partial charge in [-0.15, -0.1) is 0 Å². The molecule has 1 aromatic carbocycles. The molecule has 0 bridgehead atoms. The molecule has 0 radical (unpaired) electrons. The summed E-state index contributed by atoms with van der Waals surface area (Å²) in [5.41, 5.74) is 0. The highest BCUT2D eigenvalue weighted by Crippen LogP contribution is 2.11. The van der Waals surface area contributed by atoms with Crippen LogP contribution in [0.3, 0.4) is 0 Å². The molecule has 0 amide bonds. The highest BCUT2D eigenvalue weighted by atomic mass is 32.2. The predicted molar refractivity (Wildman–Crippen MR) is 65.7 cm³/mol. The summed E-state index contributed by atoms with van der Waals surface area (Å²) in [6.45, 7) is 4.48. The molecule has 0 unspecified atom stereocenters. The summed E-state index contributed by atoms with van der Waals surface area (Å²) < 4.78 is 38.9. The van der Waals surface area contributed by atoms with Gasteiger partial charge in [-0.1, -0.05) is 26.7 Å². The predicted octanol–water partition coefficient (Wildman–Crippen LogP) is 2.54. The normalized spacial score (nSPS) is 12.0. The zero-order valence-electron chi connectivity index (χ0n) is 10.1. The second-order valence-electron chi connectivity index (χ2n) is 3.99. The quantitative estimate of drug-likeness (QED) is 0.853. The fraction of sp³-hybridized carbons (Fsp3) is 0.500. The van der Waals surface area contributed by atoms with E-state index in [4.69, 9.17) is 0 Å². The second-order valence-corrected chi connectivity index (χ2v) is 5.76. The van der Waals surface area contributed by atoms with Crippen molar-refractivity contribution in [1.29, 1.82) is 0 Å². The molecule has 0 aliphatic rings. The molecular formula is C12H18FNO2S. The van der Waals surface area contributed by atoms with Crippen LogP contribution in [0.4, 0.5) is 4.39 Å². The van der Waals surface area contributed by atoms with E-state index >= 15 is 0 Å². The Hall–Kier alpha value is -0.940. The summed E-state index contributed by atoms with van der Waals surface area (Å²) in [7, 11) is -3.51. The van der Waals surface area contributed by atoms with Gasteiger partial charge in [0.1, 0.15) is 5.82 Å². The Morgan fingerprint density at radius 3 is 2.18 bits per heavy atom. The van der Waals surface area contributed by atoms with Crippen molar-refractivity contribution in [3.8, 4) is 0 Å². The van der Waals surface area contributed by atoms with Gasteiger partial charge in [0.25, 0.3) is 0 Å². The molecule has 0 heterocycles. The van der Waals surface area contributed by atoms with E-state index in [-0.39, 0.29) is 4.90 Å². The first kappa shape index (κ1) is 14.1. The molecule has 0 saturated carbocycles. The Balaban J connectivity index is 2.72. The topological polar surface area (TPSA) is 46.2 Å². The molecule has 0 fully saturated rings. The summed E-state index contributed by atoms with van der Waals surface area (Å²) in [6, 6.07) is 4.83. The van der Waals surface area contributed by atoms with Crippen molar-refractivity contribution in [1.82, 2.24) is 4.72 Å². The zero-order chi connectivity index (χ0) is 12.9. The number of hydrogen-bond donors (Lipinski definition) is 1. The van der Waals surface area contributed by atoms with Crippen molar-refractivity contribution in [2.75, 3.05) is 6.54 Å². The van der Waals surface area contributed by atoms with Crippen LogP contribution in [-0.2, 0) is 10.0 Å². The van der Waals surface area contributed by atoms with Crippen molar-refractivity contribution < 1.29 is 12.8 Å². The van der Waals surface area contributed by atoms with Gasteiger partial charge < -0.3 is 0 Å². The van der Waals surface area contributed by atoms with E-state index in [9.17, 15) is 12.8 Å². The van der Waals surface area contributed by atoms with Gasteiger partial charge in [0.05, 0.1) is 4.90 Å². The highest BCUT2D eigenvalue weighted by Gasteiger charge is 2.15. The maximum atomic E-state index is 12.7. The molecule has 0 atom stereocenters. The molecule has 0 spiro atoms. The number of rotatable bonds is 6. The van der Waals surface area contributed by atoms with E-state index in [2.05, 4.69) is 4.72 Å². The fourth-order valence-corrected chi connectivity index (χ4v) is 2.62. The minimum Gasteiger partial charge on any atom is -0.211 e. The van der Waals surface area contributed by atoms with Crippen LogP contribution in [-0.4, -0.2) is 15.0 Å². The number of nitrogens with one attached hydrogen (secondary N) is 1. The van der Waals surface area contributed by atoms with Crippen LogP contribution in [0.5, 0.6) is 0 Å². The molecule has 17 heavy (non-hydrogen) atoms. The number of benzene rings is 1. The molecule has 1 aromatic rings. The van der Waals surface area contributed by atoms with Gasteiger partial charge in [-0.3, -0.25) is 0 Å². The Morgan fingerprint density at radius 1 is 1.18 bits per heavy atom. The van der Waals surface area contributed by atoms with Gasteiger partial charge >= 0.3 is 0 Å². The average molecular weight is 259 g/mol. The number of halogens is 1. The maximum Gasteiger partial charge on any atom is 0.240 e. The van der Waals surface area contributed by atoms with Crippen LogP contribution in [0, 0.1) is 11.7 Å². The highest BCUT2D eigenvalue weighted by molar-refractivity contribution is 7.89. The molecule has 5 heteroatoms. The van der Waals surface area contributed by atoms with Crippen LogP contribution in [0.2, 0.25) is 0 Å². The minimum absolute atomic E-state index is 0.102. The molecular weight excluding hydrogens is 241 g/mol. The molecule has 0 aliphatic heterocycles. The van der Waals surface area contributed by atoms with Gasteiger partial charge in [-0.05, 0) is 30.2 Å². The monoisotopic (exact) mass is 259 g/mol. The summed E-state index contributed by atoms with van der Waals surface area (Å²) in [5.74, 6) is -0.103. The van der Waals surface area contributed by atoms with E-state index < -0.39 is 15.8 Å². The van der Waals surface area contributed by atoms with Crippen LogP contribution < -0.4 is 4.72 Å². The van der Waals surface area contributed by atoms with E-state index in [0.717, 1.165) is 25.0 Å². The van der Waals surface area contributed by atoms with Crippen molar-refractivity contribution in [2.24, 2.45) is 5.92 Å². The van der Waals surface area contributed by atoms with E-state index in [0.29, 0.717) is 12.5 Å². The SMILES string of the molecule is CCC(CC)CNS(=O)(=O)c1ccc(F)cc1. The van der Waals surface area contributed by atoms with Crippen LogP contribution in [0.25, 0.3) is 0 Å². The summed E-state index contributed by atoms with van der Waals surface area (Å²) in [5, 5.41) is 0. The standard InChI is InChI=1S/C12H18FNO2S/c1-3-10(4-2)9-14-17(15,16)12-7-5-11(13)6-8-12/h5-8,10,14H,3-4,9H2,1-2H3. The fourth-order valence-electron chi connectivity index (χ4n) is 1.50. The smallest absolute Gasteiger partial charge is 0.211 e. The Kier molecular flexibility index (Phi) is 5.08. The molecule has 0 aliphatic carbocycles. The van der Waals surface area contributed by atoms with Crippen molar-refractivity contribution in [2.45, 2.75) is 31.6 Å². The third-order valence-corrected chi connectivity index (χ3v) is 4.28. The van der Waals surface area contributed by atoms with Crippen LogP contribution >= 0.6 is 0 Å². The van der Waals surface area contributed by atoms with Crippen molar-refractivity contribution in [3.05, 3.63) is 30.1 Å². The summed E-state index contributed by atoms with van der Waals surface area (Å²) in [6.07, 6.45) is 1.87. The van der Waals surface area contributed by atoms with Gasteiger partial charge in [0.2, 0.25) is 10.0 Å². The Morgan fingerprint density at radius 2 is 1.71 bits per heavy atom. The minimum atomic E-state index is -3.51. The first-order valence-corrected chi connectivity index (χ1v) is 7.23. The first-order chi connectivity index (χ1) is 7.99. The molecule has 0 saturated heterocycles. The molecule has 0 aromatic heterocycles. The largest absolute Gasteiger partial charge is 0.240 e. The zero-order valence-corrected chi connectivity index (χ0v) is 10.9. The lowest BCUT2D eigenvalue weighted by Gasteiger charge is -2.13. The van der Waals surface area contributed by atoms with E-state index in [1.54, 1.807) is 0 Å². The molecule has 3 nitrogen and oxygen atoms in total. The van der Waals surface area contributed by atoms with Crippen LogP contribution in [0.15, 0.2) is 29.2 Å². The number of sulfonamides is 1. The van der Waals surface area contributed by atoms with Crippen molar-refractivity contribution in [3.63, 3.8) is 0 Å². The Labute approximate surface area is 102 Å². The second kappa shape index (κ2) is 6.12. The van der Waals surface area contributed by atoms with Gasteiger partial charge in [0, 0.05) is 6.54 Å². The average Bonchev–Trinajstić information content (AvgIpc) is 2.31. The molecule has 1 N–H and O–H groups in total. The van der Waals surface area contributed by atoms with Crippen LogP contribution in [0.1, 0.15) is 26.7 Å². The maximum absolute atomic E-state index is 12.7. The first-order valence-electron chi connectivity index (χ1n) is 5.74. The van der Waals surface area contributed by atoms with Gasteiger partial charge in [-0.2, -0.15) is 0 Å². The lowest BCUT2D eigenvalue weighted by molar-refractivity contribution is 0.479. The van der Waals surface area contributed by atoms with E-state index in [1.807, 2.05) is 13.8 Å². The molecule has 1 rings (SSSR count). The number of hydrogen-bond acceptors (Lipinski definition) is 2. The molecule has 96 valence electrons. The van der Waals surface area contributed by atoms with Gasteiger partial charge in [0.15, 0.2) is 0 Å². The van der Waals surface area contributed by atoms with Crippen molar-refractivity contribution >= 4 is 10.0 Å². The third-order valence-electron chi connectivity index (χ3n) is 2.84.